The van der Waals surface area contributed by atoms with E-state index in [9.17, 15) is 0 Å². The molecule has 0 spiro atoms. The van der Waals surface area contributed by atoms with Gasteiger partial charge in [0.25, 0.3) is 8.53 Å². The molecule has 4 heteroatoms. The van der Waals surface area contributed by atoms with Gasteiger partial charge in [-0.15, -0.1) is 0 Å². The molecule has 2 aliphatic heterocycles. The monoisotopic (exact) mass is 279 g/mol. The van der Waals surface area contributed by atoms with Gasteiger partial charge < -0.3 is 9.05 Å². The Kier molecular flexibility index (Phi) is 3.65. The standard InChI is InChI=1S/C15H22NO2P/c1-12(2)17-19-16-11-7-10-14(16)15(3,18-19)13-8-5-4-6-9-13/h4-6,8-9,12,14H,7,10-11H2,1-3H3/t14-,15+,19-/m1/s1. The Morgan fingerprint density at radius 3 is 2.79 bits per heavy atom. The lowest BCUT2D eigenvalue weighted by Gasteiger charge is -2.29. The predicted octanol–water partition coefficient (Wildman–Crippen LogP) is 4.05. The molecule has 0 aromatic heterocycles. The van der Waals surface area contributed by atoms with Crippen molar-refractivity contribution in [2.24, 2.45) is 0 Å². The Balaban J connectivity index is 1.90. The van der Waals surface area contributed by atoms with Gasteiger partial charge in [-0.1, -0.05) is 30.3 Å². The van der Waals surface area contributed by atoms with E-state index >= 15 is 0 Å². The topological polar surface area (TPSA) is 21.7 Å². The summed E-state index contributed by atoms with van der Waals surface area (Å²) in [5.74, 6) is 0. The quantitative estimate of drug-likeness (QED) is 0.779. The number of hydrogen-bond acceptors (Lipinski definition) is 3. The number of benzene rings is 1. The van der Waals surface area contributed by atoms with Crippen molar-refractivity contribution in [2.75, 3.05) is 6.54 Å². The van der Waals surface area contributed by atoms with Gasteiger partial charge in [0, 0.05) is 6.54 Å². The molecule has 0 radical (unpaired) electrons. The van der Waals surface area contributed by atoms with Crippen LogP contribution in [0.15, 0.2) is 30.3 Å². The van der Waals surface area contributed by atoms with Gasteiger partial charge in [-0.05, 0) is 39.2 Å². The summed E-state index contributed by atoms with van der Waals surface area (Å²) in [5.41, 5.74) is 1.04. The number of hydrogen-bond donors (Lipinski definition) is 0. The zero-order valence-electron chi connectivity index (χ0n) is 11.9. The zero-order chi connectivity index (χ0) is 13.5. The Labute approximate surface area is 116 Å². The van der Waals surface area contributed by atoms with Gasteiger partial charge in [-0.2, -0.15) is 0 Å². The molecule has 0 aliphatic carbocycles. The molecule has 3 atom stereocenters. The van der Waals surface area contributed by atoms with Crippen LogP contribution in [0.3, 0.4) is 0 Å². The van der Waals surface area contributed by atoms with Crippen LogP contribution in [0.5, 0.6) is 0 Å². The Bertz CT molecular complexity index is 439. The van der Waals surface area contributed by atoms with Gasteiger partial charge in [-0.3, -0.25) is 0 Å². The van der Waals surface area contributed by atoms with Gasteiger partial charge in [0.2, 0.25) is 0 Å². The van der Waals surface area contributed by atoms with E-state index < -0.39 is 8.53 Å². The third-order valence-electron chi connectivity index (χ3n) is 3.99. The predicted molar refractivity (Wildman–Crippen MR) is 77.7 cm³/mol. The lowest BCUT2D eigenvalue weighted by molar-refractivity contribution is 0.0752. The van der Waals surface area contributed by atoms with Crippen molar-refractivity contribution in [1.82, 2.24) is 4.67 Å². The molecule has 0 unspecified atom stereocenters. The van der Waals surface area contributed by atoms with E-state index in [4.69, 9.17) is 9.05 Å². The van der Waals surface area contributed by atoms with Crippen LogP contribution in [0, 0.1) is 0 Å². The summed E-state index contributed by atoms with van der Waals surface area (Å²) in [4.78, 5) is 0. The van der Waals surface area contributed by atoms with Crippen LogP contribution in [0.1, 0.15) is 39.2 Å². The van der Waals surface area contributed by atoms with Crippen LogP contribution in [0.4, 0.5) is 0 Å². The van der Waals surface area contributed by atoms with Gasteiger partial charge in [0.05, 0.1) is 12.1 Å². The molecule has 0 saturated carbocycles. The van der Waals surface area contributed by atoms with E-state index in [1.54, 1.807) is 0 Å². The second kappa shape index (κ2) is 5.14. The second-order valence-corrected chi connectivity index (χ2v) is 7.16. The van der Waals surface area contributed by atoms with Crippen LogP contribution < -0.4 is 0 Å². The molecule has 0 bridgehead atoms. The van der Waals surface area contributed by atoms with E-state index in [0.717, 1.165) is 6.54 Å². The van der Waals surface area contributed by atoms with Crippen molar-refractivity contribution in [2.45, 2.75) is 51.4 Å². The average molecular weight is 279 g/mol. The number of rotatable bonds is 3. The van der Waals surface area contributed by atoms with Gasteiger partial charge in [0.15, 0.2) is 0 Å². The summed E-state index contributed by atoms with van der Waals surface area (Å²) in [6, 6.07) is 11.0. The fraction of sp³-hybridized carbons (Fsp3) is 0.600. The second-order valence-electron chi connectivity index (χ2n) is 5.78. The minimum absolute atomic E-state index is 0.213. The van der Waals surface area contributed by atoms with Crippen molar-refractivity contribution < 1.29 is 9.05 Å². The van der Waals surface area contributed by atoms with Crippen LogP contribution in [-0.2, 0) is 14.6 Å². The summed E-state index contributed by atoms with van der Waals surface area (Å²) < 4.78 is 14.8. The normalized spacial score (nSPS) is 34.9. The molecule has 19 heavy (non-hydrogen) atoms. The lowest BCUT2D eigenvalue weighted by atomic mass is 9.87. The fourth-order valence-corrected chi connectivity index (χ4v) is 5.11. The first-order valence-corrected chi connectivity index (χ1v) is 8.22. The van der Waals surface area contributed by atoms with Gasteiger partial charge in [0.1, 0.15) is 5.60 Å². The van der Waals surface area contributed by atoms with Crippen molar-refractivity contribution in [3.05, 3.63) is 35.9 Å². The van der Waals surface area contributed by atoms with E-state index in [2.05, 4.69) is 55.8 Å². The molecule has 1 aromatic carbocycles. The summed E-state index contributed by atoms with van der Waals surface area (Å²) in [6.07, 6.45) is 2.66. The van der Waals surface area contributed by atoms with E-state index in [1.807, 2.05) is 0 Å². The van der Waals surface area contributed by atoms with E-state index in [-0.39, 0.29) is 11.7 Å². The van der Waals surface area contributed by atoms with Crippen molar-refractivity contribution >= 4 is 8.53 Å². The first kappa shape index (κ1) is 13.5. The van der Waals surface area contributed by atoms with Crippen LogP contribution in [0.25, 0.3) is 0 Å². The van der Waals surface area contributed by atoms with Crippen molar-refractivity contribution in [3.8, 4) is 0 Å². The third-order valence-corrected chi connectivity index (χ3v) is 6.02. The summed E-state index contributed by atoms with van der Waals surface area (Å²) in [5, 5.41) is 0. The van der Waals surface area contributed by atoms with E-state index in [0.29, 0.717) is 6.04 Å². The minimum atomic E-state index is -0.903. The molecular weight excluding hydrogens is 257 g/mol. The average Bonchev–Trinajstić information content (AvgIpc) is 2.96. The molecule has 2 saturated heterocycles. The van der Waals surface area contributed by atoms with Crippen LogP contribution >= 0.6 is 8.53 Å². The first-order chi connectivity index (χ1) is 9.11. The summed E-state index contributed by atoms with van der Waals surface area (Å²) in [7, 11) is -0.903. The van der Waals surface area contributed by atoms with Crippen LogP contribution in [-0.4, -0.2) is 23.4 Å². The maximum Gasteiger partial charge on any atom is 0.260 e. The Morgan fingerprint density at radius 2 is 2.11 bits per heavy atom. The Hall–Kier alpha value is -0.470. The molecule has 104 valence electrons. The molecule has 0 N–H and O–H groups in total. The highest BCUT2D eigenvalue weighted by molar-refractivity contribution is 7.45. The molecule has 2 fully saturated rings. The highest BCUT2D eigenvalue weighted by Crippen LogP contribution is 2.63. The highest BCUT2D eigenvalue weighted by Gasteiger charge is 2.54. The van der Waals surface area contributed by atoms with Crippen molar-refractivity contribution in [1.29, 1.82) is 0 Å². The molecule has 3 nitrogen and oxygen atoms in total. The summed E-state index contributed by atoms with van der Waals surface area (Å²) >= 11 is 0. The smallest absolute Gasteiger partial charge is 0.260 e. The van der Waals surface area contributed by atoms with Crippen LogP contribution in [0.2, 0.25) is 0 Å². The lowest BCUT2D eigenvalue weighted by Crippen LogP contribution is -2.36. The zero-order valence-corrected chi connectivity index (χ0v) is 12.8. The summed E-state index contributed by atoms with van der Waals surface area (Å²) in [6.45, 7) is 7.48. The molecule has 1 aromatic rings. The maximum absolute atomic E-state index is 6.38. The van der Waals surface area contributed by atoms with Gasteiger partial charge in [-0.25, -0.2) is 4.67 Å². The number of nitrogens with zero attached hydrogens (tertiary/aromatic N) is 1. The highest BCUT2D eigenvalue weighted by atomic mass is 31.2. The van der Waals surface area contributed by atoms with E-state index in [1.165, 1.54) is 18.4 Å². The fourth-order valence-electron chi connectivity index (χ4n) is 3.06. The molecule has 3 rings (SSSR count). The largest absolute Gasteiger partial charge is 0.319 e. The first-order valence-electron chi connectivity index (χ1n) is 7.09. The number of fused-ring (bicyclic) bond motifs is 1. The minimum Gasteiger partial charge on any atom is -0.319 e. The Morgan fingerprint density at radius 1 is 1.37 bits per heavy atom. The maximum atomic E-state index is 6.38. The van der Waals surface area contributed by atoms with Crippen molar-refractivity contribution in [3.63, 3.8) is 0 Å². The third kappa shape index (κ3) is 2.34. The molecule has 2 heterocycles. The molecule has 0 amide bonds. The molecular formula is C15H22NO2P. The SMILES string of the molecule is CC(C)O[P@]1O[C@@](C)(c2ccccc2)[C@H]2CCCN21. The molecule has 2 aliphatic rings. The van der Waals surface area contributed by atoms with Gasteiger partial charge >= 0.3 is 0 Å².